The van der Waals surface area contributed by atoms with Gasteiger partial charge < -0.3 is 9.80 Å². The lowest BCUT2D eigenvalue weighted by molar-refractivity contribution is -0.139. The second kappa shape index (κ2) is 6.02. The maximum atomic E-state index is 12.3. The van der Waals surface area contributed by atoms with Crippen LogP contribution < -0.4 is 0 Å². The molecule has 96 valence electrons. The summed E-state index contributed by atoms with van der Waals surface area (Å²) in [4.78, 5) is 16.1. The van der Waals surface area contributed by atoms with Gasteiger partial charge in [-0.3, -0.25) is 4.79 Å². The summed E-state index contributed by atoms with van der Waals surface area (Å²) >= 11 is 0. The number of nitrogens with zero attached hydrogens (tertiary/aromatic N) is 3. The van der Waals surface area contributed by atoms with Gasteiger partial charge in [-0.05, 0) is 26.9 Å². The van der Waals surface area contributed by atoms with E-state index in [1.807, 2.05) is 19.0 Å². The lowest BCUT2D eigenvalue weighted by Gasteiger charge is -2.33. The van der Waals surface area contributed by atoms with E-state index >= 15 is 0 Å². The third kappa shape index (κ3) is 3.44. The van der Waals surface area contributed by atoms with Crippen LogP contribution in [0, 0.1) is 16.7 Å². The fraction of sp³-hybridized carbons (Fsp3) is 0.846. The minimum atomic E-state index is -0.737. The van der Waals surface area contributed by atoms with Gasteiger partial charge in [0.25, 0.3) is 0 Å². The third-order valence-corrected chi connectivity index (χ3v) is 3.56. The third-order valence-electron chi connectivity index (χ3n) is 3.56. The smallest absolute Gasteiger partial charge is 0.242 e. The van der Waals surface area contributed by atoms with Crippen LogP contribution in [0.1, 0.15) is 32.1 Å². The molecule has 0 saturated heterocycles. The normalized spacial score (nSPS) is 18.8. The minimum absolute atomic E-state index is 0.0153. The zero-order chi connectivity index (χ0) is 12.9. The summed E-state index contributed by atoms with van der Waals surface area (Å²) in [5.74, 6) is 0.0153. The van der Waals surface area contributed by atoms with Crippen LogP contribution in [0.25, 0.3) is 0 Å². The lowest BCUT2D eigenvalue weighted by Crippen LogP contribution is -2.44. The Morgan fingerprint density at radius 2 is 1.76 bits per heavy atom. The first kappa shape index (κ1) is 14.0. The lowest BCUT2D eigenvalue weighted by atomic mass is 9.74. The van der Waals surface area contributed by atoms with Crippen molar-refractivity contribution in [3.63, 3.8) is 0 Å². The number of nitriles is 1. The fourth-order valence-corrected chi connectivity index (χ4v) is 2.35. The number of carbonyl (C=O) groups is 1. The molecule has 0 aromatic rings. The zero-order valence-electron chi connectivity index (χ0n) is 11.2. The highest BCUT2D eigenvalue weighted by Crippen LogP contribution is 2.37. The van der Waals surface area contributed by atoms with Gasteiger partial charge in [0, 0.05) is 20.1 Å². The van der Waals surface area contributed by atoms with E-state index in [0.717, 1.165) is 38.6 Å². The van der Waals surface area contributed by atoms with Gasteiger partial charge in [-0.1, -0.05) is 19.3 Å². The second-order valence-corrected chi connectivity index (χ2v) is 5.28. The van der Waals surface area contributed by atoms with Crippen LogP contribution in [-0.4, -0.2) is 49.9 Å². The Hall–Kier alpha value is -1.08. The van der Waals surface area contributed by atoms with Crippen LogP contribution in [0.15, 0.2) is 0 Å². The maximum Gasteiger partial charge on any atom is 0.242 e. The van der Waals surface area contributed by atoms with Gasteiger partial charge in [-0.25, -0.2) is 0 Å². The number of hydrogen-bond acceptors (Lipinski definition) is 3. The molecule has 0 unspecified atom stereocenters. The predicted molar refractivity (Wildman–Crippen MR) is 67.3 cm³/mol. The molecule has 0 heterocycles. The Kier molecular flexibility index (Phi) is 4.95. The fourth-order valence-electron chi connectivity index (χ4n) is 2.35. The molecule has 1 fully saturated rings. The molecule has 1 aliphatic rings. The van der Waals surface area contributed by atoms with E-state index in [0.29, 0.717) is 6.54 Å². The van der Waals surface area contributed by atoms with E-state index in [2.05, 4.69) is 6.07 Å². The van der Waals surface area contributed by atoms with Gasteiger partial charge in [0.1, 0.15) is 5.41 Å². The van der Waals surface area contributed by atoms with E-state index in [1.54, 1.807) is 11.9 Å². The molecule has 0 radical (unpaired) electrons. The van der Waals surface area contributed by atoms with E-state index in [9.17, 15) is 10.1 Å². The van der Waals surface area contributed by atoms with Gasteiger partial charge in [0.05, 0.1) is 6.07 Å². The molecule has 4 nitrogen and oxygen atoms in total. The number of amides is 1. The highest BCUT2D eigenvalue weighted by atomic mass is 16.2. The van der Waals surface area contributed by atoms with Crippen LogP contribution in [0.2, 0.25) is 0 Å². The van der Waals surface area contributed by atoms with Crippen molar-refractivity contribution >= 4 is 5.91 Å². The van der Waals surface area contributed by atoms with Gasteiger partial charge in [0.15, 0.2) is 0 Å². The van der Waals surface area contributed by atoms with Crippen molar-refractivity contribution in [1.29, 1.82) is 5.26 Å². The standard InChI is InChI=1S/C13H23N3O/c1-15(2)9-10-16(3)12(17)13(11-14)7-5-4-6-8-13/h4-10H2,1-3H3. The first-order valence-corrected chi connectivity index (χ1v) is 6.33. The monoisotopic (exact) mass is 237 g/mol. The van der Waals surface area contributed by atoms with E-state index < -0.39 is 5.41 Å². The summed E-state index contributed by atoms with van der Waals surface area (Å²) in [6, 6.07) is 2.28. The molecule has 1 amide bonds. The average Bonchev–Trinajstić information content (AvgIpc) is 2.35. The average molecular weight is 237 g/mol. The Morgan fingerprint density at radius 3 is 2.24 bits per heavy atom. The molecular formula is C13H23N3O. The zero-order valence-corrected chi connectivity index (χ0v) is 11.2. The van der Waals surface area contributed by atoms with Crippen LogP contribution in [0.3, 0.4) is 0 Å². The van der Waals surface area contributed by atoms with Crippen LogP contribution >= 0.6 is 0 Å². The molecule has 1 aliphatic carbocycles. The van der Waals surface area contributed by atoms with E-state index in [-0.39, 0.29) is 5.91 Å². The molecule has 4 heteroatoms. The van der Waals surface area contributed by atoms with E-state index in [4.69, 9.17) is 0 Å². The first-order valence-electron chi connectivity index (χ1n) is 6.33. The summed E-state index contributed by atoms with van der Waals surface area (Å²) in [6.07, 6.45) is 4.61. The van der Waals surface area contributed by atoms with Crippen molar-refractivity contribution in [3.8, 4) is 6.07 Å². The molecule has 0 aliphatic heterocycles. The van der Waals surface area contributed by atoms with Gasteiger partial charge in [-0.15, -0.1) is 0 Å². The number of carbonyl (C=O) groups excluding carboxylic acids is 1. The highest BCUT2D eigenvalue weighted by Gasteiger charge is 2.41. The summed E-state index contributed by atoms with van der Waals surface area (Å²) in [5.41, 5.74) is -0.737. The molecule has 0 N–H and O–H groups in total. The minimum Gasteiger partial charge on any atom is -0.343 e. The first-order chi connectivity index (χ1) is 8.02. The van der Waals surface area contributed by atoms with Crippen LogP contribution in [0.4, 0.5) is 0 Å². The number of hydrogen-bond donors (Lipinski definition) is 0. The van der Waals surface area contributed by atoms with Crippen molar-refractivity contribution in [1.82, 2.24) is 9.80 Å². The molecule has 1 rings (SSSR count). The van der Waals surface area contributed by atoms with Gasteiger partial charge in [-0.2, -0.15) is 5.26 Å². The van der Waals surface area contributed by atoms with Crippen molar-refractivity contribution in [2.45, 2.75) is 32.1 Å². The summed E-state index contributed by atoms with van der Waals surface area (Å²) in [5, 5.41) is 9.33. The molecule has 0 atom stereocenters. The molecule has 0 spiro atoms. The number of likely N-dealkylation sites (N-methyl/N-ethyl adjacent to an activating group) is 2. The second-order valence-electron chi connectivity index (χ2n) is 5.28. The largest absolute Gasteiger partial charge is 0.343 e. The van der Waals surface area contributed by atoms with Gasteiger partial charge in [0.2, 0.25) is 5.91 Å². The predicted octanol–water partition coefficient (Wildman–Crippen LogP) is 1.48. The maximum absolute atomic E-state index is 12.3. The van der Waals surface area contributed by atoms with Crippen LogP contribution in [0.5, 0.6) is 0 Å². The molecule has 0 aromatic heterocycles. The van der Waals surface area contributed by atoms with Crippen molar-refractivity contribution in [3.05, 3.63) is 0 Å². The molecule has 0 bridgehead atoms. The summed E-state index contributed by atoms with van der Waals surface area (Å²) in [7, 11) is 5.78. The van der Waals surface area contributed by atoms with Crippen molar-refractivity contribution in [2.75, 3.05) is 34.2 Å². The number of rotatable bonds is 4. The Labute approximate surface area is 104 Å². The van der Waals surface area contributed by atoms with E-state index in [1.165, 1.54) is 0 Å². The molecule has 0 aromatic carbocycles. The molecule has 1 saturated carbocycles. The Bertz CT molecular complexity index is 300. The van der Waals surface area contributed by atoms with Gasteiger partial charge >= 0.3 is 0 Å². The topological polar surface area (TPSA) is 47.3 Å². The summed E-state index contributed by atoms with van der Waals surface area (Å²) < 4.78 is 0. The van der Waals surface area contributed by atoms with Crippen molar-refractivity contribution < 1.29 is 4.79 Å². The Morgan fingerprint density at radius 1 is 1.18 bits per heavy atom. The summed E-state index contributed by atoms with van der Waals surface area (Å²) in [6.45, 7) is 1.53. The Balaban J connectivity index is 2.62. The molecular weight excluding hydrogens is 214 g/mol. The molecule has 17 heavy (non-hydrogen) atoms. The quantitative estimate of drug-likeness (QED) is 0.744. The SMILES string of the molecule is CN(C)CCN(C)C(=O)C1(C#N)CCCCC1. The van der Waals surface area contributed by atoms with Crippen LogP contribution in [-0.2, 0) is 4.79 Å². The van der Waals surface area contributed by atoms with Crippen molar-refractivity contribution in [2.24, 2.45) is 5.41 Å². The highest BCUT2D eigenvalue weighted by molar-refractivity contribution is 5.85.